The van der Waals surface area contributed by atoms with Crippen molar-refractivity contribution in [1.29, 1.82) is 0 Å². The molecule has 1 aromatic carbocycles. The van der Waals surface area contributed by atoms with Crippen molar-refractivity contribution < 1.29 is 24.2 Å². The van der Waals surface area contributed by atoms with E-state index in [-0.39, 0.29) is 10.5 Å². The third kappa shape index (κ3) is 2.78. The summed E-state index contributed by atoms with van der Waals surface area (Å²) in [5.74, 6) is -2.07. The molecule has 1 saturated heterocycles. The van der Waals surface area contributed by atoms with Crippen LogP contribution >= 0.6 is 11.8 Å². The highest BCUT2D eigenvalue weighted by Crippen LogP contribution is 2.43. The van der Waals surface area contributed by atoms with Gasteiger partial charge in [-0.2, -0.15) is 4.99 Å². The van der Waals surface area contributed by atoms with Crippen LogP contribution in [0.5, 0.6) is 0 Å². The topological polar surface area (TPSA) is 99.5 Å². The molecule has 3 aliphatic rings. The number of carboxylic acids is 1. The lowest BCUT2D eigenvalue weighted by Gasteiger charge is -2.27. The quantitative estimate of drug-likeness (QED) is 0.765. The number of morpholine rings is 1. The zero-order chi connectivity index (χ0) is 18.3. The van der Waals surface area contributed by atoms with E-state index in [1.807, 2.05) is 4.90 Å². The summed E-state index contributed by atoms with van der Waals surface area (Å²) in [4.78, 5) is 44.0. The van der Waals surface area contributed by atoms with E-state index in [1.165, 1.54) is 16.7 Å². The highest BCUT2D eigenvalue weighted by Gasteiger charge is 2.40. The molecule has 0 radical (unpaired) electrons. The van der Waals surface area contributed by atoms with E-state index in [0.717, 1.165) is 0 Å². The minimum atomic E-state index is -1.12. The van der Waals surface area contributed by atoms with Crippen LogP contribution in [-0.2, 0) is 19.1 Å². The second-order valence-corrected chi connectivity index (χ2v) is 6.88. The zero-order valence-electron chi connectivity index (χ0n) is 13.7. The molecule has 0 spiro atoms. The first-order valence-corrected chi connectivity index (χ1v) is 8.89. The number of aliphatic carboxylic acids is 1. The molecule has 1 fully saturated rings. The molecule has 26 heavy (non-hydrogen) atoms. The number of carbonyl (C=O) groups is 3. The molecule has 0 aromatic heterocycles. The number of amides is 2. The number of aliphatic imine (C=N–C) groups is 1. The van der Waals surface area contributed by atoms with E-state index < -0.39 is 24.3 Å². The number of fused-ring (bicyclic) bond motifs is 1. The Morgan fingerprint density at radius 2 is 1.96 bits per heavy atom. The van der Waals surface area contributed by atoms with Gasteiger partial charge in [0, 0.05) is 18.7 Å². The number of amidine groups is 1. The predicted molar refractivity (Wildman–Crippen MR) is 95.8 cm³/mol. The van der Waals surface area contributed by atoms with Gasteiger partial charge in [-0.05, 0) is 17.8 Å². The number of ether oxygens (including phenoxy) is 1. The van der Waals surface area contributed by atoms with E-state index in [1.54, 1.807) is 24.3 Å². The largest absolute Gasteiger partial charge is 0.480 e. The molecule has 134 valence electrons. The molecule has 0 atom stereocenters. The van der Waals surface area contributed by atoms with Crippen LogP contribution < -0.4 is 4.90 Å². The van der Waals surface area contributed by atoms with Crippen LogP contribution in [0.1, 0.15) is 5.56 Å². The van der Waals surface area contributed by atoms with Crippen LogP contribution in [0.2, 0.25) is 0 Å². The maximum absolute atomic E-state index is 12.9. The lowest BCUT2D eigenvalue weighted by Crippen LogP contribution is -2.38. The Morgan fingerprint density at radius 3 is 2.69 bits per heavy atom. The van der Waals surface area contributed by atoms with Crippen molar-refractivity contribution in [2.45, 2.75) is 0 Å². The number of rotatable bonds is 2. The molecule has 4 rings (SSSR count). The summed E-state index contributed by atoms with van der Waals surface area (Å²) in [7, 11) is 0. The number of para-hydroxylation sites is 1. The lowest BCUT2D eigenvalue weighted by molar-refractivity contribution is -0.136. The van der Waals surface area contributed by atoms with Gasteiger partial charge in [-0.3, -0.25) is 19.3 Å². The van der Waals surface area contributed by atoms with Crippen molar-refractivity contribution in [2.75, 3.05) is 37.7 Å². The molecule has 0 bridgehead atoms. The first-order chi connectivity index (χ1) is 12.6. The second kappa shape index (κ2) is 6.58. The van der Waals surface area contributed by atoms with E-state index >= 15 is 0 Å². The summed E-state index contributed by atoms with van der Waals surface area (Å²) < 4.78 is 5.31. The Morgan fingerprint density at radius 1 is 1.23 bits per heavy atom. The maximum Gasteiger partial charge on any atom is 0.323 e. The molecule has 8 nitrogen and oxygen atoms in total. The average Bonchev–Trinajstić information content (AvgIpc) is 3.14. The first kappa shape index (κ1) is 16.8. The monoisotopic (exact) mass is 373 g/mol. The van der Waals surface area contributed by atoms with Gasteiger partial charge in [-0.1, -0.05) is 18.2 Å². The third-order valence-electron chi connectivity index (χ3n) is 4.31. The molecule has 9 heteroatoms. The number of carboxylic acid groups (broad SMARTS) is 1. The second-order valence-electron chi connectivity index (χ2n) is 5.91. The van der Waals surface area contributed by atoms with Gasteiger partial charge < -0.3 is 14.7 Å². The van der Waals surface area contributed by atoms with Crippen molar-refractivity contribution in [3.05, 3.63) is 34.7 Å². The van der Waals surface area contributed by atoms with Crippen LogP contribution in [0, 0.1) is 0 Å². The molecule has 0 aliphatic carbocycles. The molecular formula is C17H15N3O5S. The summed E-state index contributed by atoms with van der Waals surface area (Å²) in [5, 5.41) is 9.67. The number of carbonyl (C=O) groups excluding carboxylic acids is 2. The van der Waals surface area contributed by atoms with Gasteiger partial charge >= 0.3 is 5.97 Å². The fourth-order valence-corrected chi connectivity index (χ4v) is 4.19. The number of hydrogen-bond donors (Lipinski definition) is 1. The van der Waals surface area contributed by atoms with Crippen LogP contribution in [0.3, 0.4) is 0 Å². The van der Waals surface area contributed by atoms with E-state index in [9.17, 15) is 14.4 Å². The zero-order valence-corrected chi connectivity index (χ0v) is 14.5. The fourth-order valence-electron chi connectivity index (χ4n) is 3.13. The first-order valence-electron chi connectivity index (χ1n) is 8.07. The van der Waals surface area contributed by atoms with Gasteiger partial charge in [0.2, 0.25) is 0 Å². The summed E-state index contributed by atoms with van der Waals surface area (Å²) in [6.07, 6.45) is 0. The third-order valence-corrected chi connectivity index (χ3v) is 5.42. The number of hydrogen-bond acceptors (Lipinski definition) is 6. The molecule has 0 unspecified atom stereocenters. The smallest absolute Gasteiger partial charge is 0.323 e. The van der Waals surface area contributed by atoms with E-state index in [0.29, 0.717) is 42.7 Å². The van der Waals surface area contributed by atoms with Gasteiger partial charge in [0.05, 0.1) is 29.4 Å². The molecule has 3 heterocycles. The molecule has 0 saturated carbocycles. The number of anilines is 1. The predicted octanol–water partition coefficient (Wildman–Crippen LogP) is 0.791. The van der Waals surface area contributed by atoms with Crippen LogP contribution in [0.15, 0.2) is 34.2 Å². The van der Waals surface area contributed by atoms with Gasteiger partial charge in [0.1, 0.15) is 6.54 Å². The number of nitrogens with zero attached hydrogens (tertiary/aromatic N) is 3. The van der Waals surface area contributed by atoms with Crippen molar-refractivity contribution in [1.82, 2.24) is 4.90 Å². The van der Waals surface area contributed by atoms with Crippen LogP contribution in [-0.4, -0.2) is 65.8 Å². The summed E-state index contributed by atoms with van der Waals surface area (Å²) in [6.45, 7) is 1.94. The normalized spacial score (nSPS) is 22.7. The van der Waals surface area contributed by atoms with Crippen molar-refractivity contribution >= 4 is 46.0 Å². The Hall–Kier alpha value is -2.65. The van der Waals surface area contributed by atoms with Crippen LogP contribution in [0.25, 0.3) is 5.57 Å². The Kier molecular flexibility index (Phi) is 4.25. The highest BCUT2D eigenvalue weighted by molar-refractivity contribution is 8.18. The number of benzene rings is 1. The maximum atomic E-state index is 12.9. The van der Waals surface area contributed by atoms with Crippen LogP contribution in [0.4, 0.5) is 5.69 Å². The minimum Gasteiger partial charge on any atom is -0.480 e. The molecule has 1 aromatic rings. The van der Waals surface area contributed by atoms with Gasteiger partial charge in [-0.15, -0.1) is 0 Å². The average molecular weight is 373 g/mol. The Bertz CT molecular complexity index is 873. The summed E-state index contributed by atoms with van der Waals surface area (Å²) >= 11 is 1.17. The van der Waals surface area contributed by atoms with Crippen molar-refractivity contribution in [2.24, 2.45) is 4.99 Å². The van der Waals surface area contributed by atoms with Crippen molar-refractivity contribution in [3.8, 4) is 0 Å². The molecule has 3 aliphatic heterocycles. The van der Waals surface area contributed by atoms with E-state index in [2.05, 4.69) is 4.99 Å². The number of thioether (sulfide) groups is 1. The van der Waals surface area contributed by atoms with Gasteiger partial charge in [-0.25, -0.2) is 0 Å². The molecule has 2 amide bonds. The van der Waals surface area contributed by atoms with E-state index in [4.69, 9.17) is 9.84 Å². The van der Waals surface area contributed by atoms with Crippen molar-refractivity contribution in [3.63, 3.8) is 0 Å². The Labute approximate surface area is 153 Å². The highest BCUT2D eigenvalue weighted by atomic mass is 32.2. The SMILES string of the molecule is O=C(O)CN1C(=O)/C(=C2/SC(N3CCOCC3)=NC2=O)c2ccccc21. The summed E-state index contributed by atoms with van der Waals surface area (Å²) in [6, 6.07) is 6.88. The van der Waals surface area contributed by atoms with Gasteiger partial charge in [0.25, 0.3) is 11.8 Å². The standard InChI is InChI=1S/C17H15N3O5S/c21-12(22)9-20-11-4-2-1-3-10(11)13(16(20)24)14-15(23)18-17(26-14)19-5-7-25-8-6-19/h1-4H,5-9H2,(H,21,22)/b14-13+. The summed E-state index contributed by atoms with van der Waals surface area (Å²) in [5.41, 5.74) is 1.28. The Balaban J connectivity index is 1.72. The molecule has 1 N–H and O–H groups in total. The minimum absolute atomic E-state index is 0.226. The fraction of sp³-hybridized carbons (Fsp3) is 0.294. The lowest BCUT2D eigenvalue weighted by atomic mass is 10.1. The van der Waals surface area contributed by atoms with Gasteiger partial charge in [0.15, 0.2) is 5.17 Å². The molecular weight excluding hydrogens is 358 g/mol.